The van der Waals surface area contributed by atoms with Gasteiger partial charge in [-0.25, -0.2) is 0 Å². The summed E-state index contributed by atoms with van der Waals surface area (Å²) in [5.74, 6) is 4.37. The molecule has 0 aliphatic rings. The molecule has 0 aliphatic heterocycles. The predicted octanol–water partition coefficient (Wildman–Crippen LogP) is 6.41. The van der Waals surface area contributed by atoms with Gasteiger partial charge in [0.1, 0.15) is 18.1 Å². The quantitative estimate of drug-likeness (QED) is 0.467. The molecular formula is C22H17Cl2NO2. The zero-order valence-corrected chi connectivity index (χ0v) is 15.9. The third-order valence-electron chi connectivity index (χ3n) is 3.69. The largest absolute Gasteiger partial charge is 0.478 e. The maximum Gasteiger partial charge on any atom is 0.157 e. The summed E-state index contributed by atoms with van der Waals surface area (Å²) >= 11 is 12.5. The first-order valence-electron chi connectivity index (χ1n) is 8.27. The second-order valence-corrected chi connectivity index (χ2v) is 6.49. The Morgan fingerprint density at radius 2 is 1.52 bits per heavy atom. The number of halogens is 2. The smallest absolute Gasteiger partial charge is 0.157 e. The highest BCUT2D eigenvalue weighted by Gasteiger charge is 2.09. The Morgan fingerprint density at radius 1 is 0.889 bits per heavy atom. The van der Waals surface area contributed by atoms with Crippen LogP contribution >= 0.6 is 23.2 Å². The van der Waals surface area contributed by atoms with Crippen LogP contribution in [-0.2, 0) is 6.54 Å². The van der Waals surface area contributed by atoms with Crippen molar-refractivity contribution in [2.45, 2.75) is 6.54 Å². The average molecular weight is 398 g/mol. The van der Waals surface area contributed by atoms with E-state index in [2.05, 4.69) is 11.2 Å². The van der Waals surface area contributed by atoms with Crippen molar-refractivity contribution in [3.63, 3.8) is 0 Å². The van der Waals surface area contributed by atoms with Crippen LogP contribution in [0.1, 0.15) is 5.56 Å². The molecule has 136 valence electrons. The third kappa shape index (κ3) is 5.34. The van der Waals surface area contributed by atoms with Gasteiger partial charge in [0.15, 0.2) is 5.75 Å². The van der Waals surface area contributed by atoms with Crippen LogP contribution in [0.5, 0.6) is 17.2 Å². The van der Waals surface area contributed by atoms with Crippen LogP contribution in [0.3, 0.4) is 0 Å². The Hall–Kier alpha value is -2.80. The molecule has 3 aromatic rings. The standard InChI is InChI=1S/C22H17Cl2NO2/c1-2-12-26-22-20(23)13-16(14-21(22)24)15-25-17-8-10-19(11-9-17)27-18-6-4-3-5-7-18/h1,3-11,13-14,25H,12,15H2. The van der Waals surface area contributed by atoms with Crippen molar-refractivity contribution in [1.29, 1.82) is 0 Å². The first-order chi connectivity index (χ1) is 13.2. The molecule has 3 aromatic carbocycles. The molecule has 0 amide bonds. The summed E-state index contributed by atoms with van der Waals surface area (Å²) in [6.45, 7) is 0.683. The highest BCUT2D eigenvalue weighted by atomic mass is 35.5. The number of anilines is 1. The van der Waals surface area contributed by atoms with Gasteiger partial charge < -0.3 is 14.8 Å². The molecule has 0 radical (unpaired) electrons. The van der Waals surface area contributed by atoms with Crippen LogP contribution in [0.25, 0.3) is 0 Å². The number of ether oxygens (including phenoxy) is 2. The third-order valence-corrected chi connectivity index (χ3v) is 4.25. The lowest BCUT2D eigenvalue weighted by molar-refractivity contribution is 0.371. The lowest BCUT2D eigenvalue weighted by Gasteiger charge is -2.12. The molecule has 27 heavy (non-hydrogen) atoms. The molecular weight excluding hydrogens is 381 g/mol. The number of benzene rings is 3. The Morgan fingerprint density at radius 3 is 2.15 bits per heavy atom. The Kier molecular flexibility index (Phi) is 6.49. The summed E-state index contributed by atoms with van der Waals surface area (Å²) in [7, 11) is 0. The van der Waals surface area contributed by atoms with E-state index in [4.69, 9.17) is 39.1 Å². The number of terminal acetylenes is 1. The molecule has 0 atom stereocenters. The lowest BCUT2D eigenvalue weighted by Crippen LogP contribution is -2.01. The summed E-state index contributed by atoms with van der Waals surface area (Å²) in [5, 5.41) is 4.19. The first kappa shape index (κ1) is 19.0. The van der Waals surface area contributed by atoms with Crippen molar-refractivity contribution >= 4 is 28.9 Å². The van der Waals surface area contributed by atoms with Gasteiger partial charge >= 0.3 is 0 Å². The van der Waals surface area contributed by atoms with Crippen LogP contribution in [0.2, 0.25) is 10.0 Å². The molecule has 5 heteroatoms. The molecule has 3 rings (SSSR count). The van der Waals surface area contributed by atoms with Gasteiger partial charge in [-0.1, -0.05) is 47.3 Å². The van der Waals surface area contributed by atoms with E-state index in [-0.39, 0.29) is 6.61 Å². The van der Waals surface area contributed by atoms with E-state index >= 15 is 0 Å². The molecule has 0 heterocycles. The second kappa shape index (κ2) is 9.23. The normalized spacial score (nSPS) is 10.1. The topological polar surface area (TPSA) is 30.5 Å². The van der Waals surface area contributed by atoms with Gasteiger partial charge in [0.25, 0.3) is 0 Å². The summed E-state index contributed by atoms with van der Waals surface area (Å²) in [4.78, 5) is 0. The second-order valence-electron chi connectivity index (χ2n) is 5.67. The number of para-hydroxylation sites is 1. The van der Waals surface area contributed by atoms with Crippen LogP contribution < -0.4 is 14.8 Å². The van der Waals surface area contributed by atoms with Gasteiger partial charge in [0.05, 0.1) is 10.0 Å². The molecule has 0 bridgehead atoms. The van der Waals surface area contributed by atoms with Crippen molar-refractivity contribution in [1.82, 2.24) is 0 Å². The number of hydrogen-bond acceptors (Lipinski definition) is 3. The first-order valence-corrected chi connectivity index (χ1v) is 9.02. The Balaban J connectivity index is 1.61. The molecule has 0 spiro atoms. The fourth-order valence-corrected chi connectivity index (χ4v) is 3.08. The minimum atomic E-state index is 0.119. The molecule has 0 fully saturated rings. The summed E-state index contributed by atoms with van der Waals surface area (Å²) in [6, 6.07) is 21.0. The van der Waals surface area contributed by atoms with Crippen LogP contribution in [0.15, 0.2) is 66.7 Å². The number of hydrogen-bond donors (Lipinski definition) is 1. The van der Waals surface area contributed by atoms with Gasteiger partial charge in [-0.15, -0.1) is 6.42 Å². The Bertz CT molecular complexity index is 912. The molecule has 0 unspecified atom stereocenters. The number of nitrogens with one attached hydrogen (secondary N) is 1. The van der Waals surface area contributed by atoms with E-state index < -0.39 is 0 Å². The zero-order chi connectivity index (χ0) is 19.1. The lowest BCUT2D eigenvalue weighted by atomic mass is 10.2. The summed E-state index contributed by atoms with van der Waals surface area (Å²) in [5.41, 5.74) is 1.89. The van der Waals surface area contributed by atoms with Gasteiger partial charge in [0, 0.05) is 12.2 Å². The van der Waals surface area contributed by atoms with Gasteiger partial charge in [-0.3, -0.25) is 0 Å². The Labute approximate surface area is 168 Å². The van der Waals surface area contributed by atoms with E-state index in [1.165, 1.54) is 0 Å². The molecule has 0 saturated heterocycles. The van der Waals surface area contributed by atoms with Crippen molar-refractivity contribution in [2.75, 3.05) is 11.9 Å². The van der Waals surface area contributed by atoms with Crippen molar-refractivity contribution in [2.24, 2.45) is 0 Å². The average Bonchev–Trinajstić information content (AvgIpc) is 2.68. The zero-order valence-electron chi connectivity index (χ0n) is 14.4. The van der Waals surface area contributed by atoms with E-state index in [0.29, 0.717) is 22.3 Å². The van der Waals surface area contributed by atoms with E-state index in [9.17, 15) is 0 Å². The van der Waals surface area contributed by atoms with Crippen molar-refractivity contribution in [3.8, 4) is 29.6 Å². The maximum atomic E-state index is 6.23. The minimum Gasteiger partial charge on any atom is -0.478 e. The number of rotatable bonds is 7. The fourth-order valence-electron chi connectivity index (χ4n) is 2.44. The van der Waals surface area contributed by atoms with Gasteiger partial charge in [0.2, 0.25) is 0 Å². The predicted molar refractivity (Wildman–Crippen MR) is 111 cm³/mol. The van der Waals surface area contributed by atoms with E-state index in [0.717, 1.165) is 22.7 Å². The minimum absolute atomic E-state index is 0.119. The maximum absolute atomic E-state index is 6.23. The summed E-state index contributed by atoms with van der Waals surface area (Å²) < 4.78 is 11.1. The van der Waals surface area contributed by atoms with E-state index in [1.807, 2.05) is 54.6 Å². The molecule has 3 nitrogen and oxygen atoms in total. The SMILES string of the molecule is C#CCOc1c(Cl)cc(CNc2ccc(Oc3ccccc3)cc2)cc1Cl. The molecule has 0 aromatic heterocycles. The van der Waals surface area contributed by atoms with Crippen LogP contribution in [0.4, 0.5) is 5.69 Å². The van der Waals surface area contributed by atoms with E-state index in [1.54, 1.807) is 12.1 Å². The van der Waals surface area contributed by atoms with Crippen molar-refractivity contribution < 1.29 is 9.47 Å². The molecule has 0 aliphatic carbocycles. The summed E-state index contributed by atoms with van der Waals surface area (Å²) in [6.07, 6.45) is 5.19. The van der Waals surface area contributed by atoms with Crippen LogP contribution in [-0.4, -0.2) is 6.61 Å². The molecule has 0 saturated carbocycles. The fraction of sp³-hybridized carbons (Fsp3) is 0.0909. The highest BCUT2D eigenvalue weighted by molar-refractivity contribution is 6.37. The monoisotopic (exact) mass is 397 g/mol. The molecule has 1 N–H and O–H groups in total. The van der Waals surface area contributed by atoms with Gasteiger partial charge in [-0.2, -0.15) is 0 Å². The highest BCUT2D eigenvalue weighted by Crippen LogP contribution is 2.34. The van der Waals surface area contributed by atoms with Gasteiger partial charge in [-0.05, 0) is 54.1 Å². The van der Waals surface area contributed by atoms with Crippen molar-refractivity contribution in [3.05, 3.63) is 82.3 Å². The van der Waals surface area contributed by atoms with Crippen LogP contribution in [0, 0.1) is 12.3 Å².